The maximum atomic E-state index is 8.73. The smallest absolute Gasteiger partial charge is 0.171 e. The Labute approximate surface area is 101 Å². The highest BCUT2D eigenvalue weighted by molar-refractivity contribution is 7.99. The Bertz CT molecular complexity index is 377. The number of unbranched alkanes of at least 4 members (excludes halogenated alkanes) is 1. The molecule has 16 heavy (non-hydrogen) atoms. The largest absolute Gasteiger partial charge is 0.409 e. The maximum Gasteiger partial charge on any atom is 0.171 e. The molecule has 0 amide bonds. The number of oxime groups is 1. The van der Waals surface area contributed by atoms with E-state index >= 15 is 0 Å². The number of nitrogens with zero attached hydrogens (tertiary/aromatic N) is 1. The monoisotopic (exact) mass is 238 g/mol. The summed E-state index contributed by atoms with van der Waals surface area (Å²) in [6.07, 6.45) is 2.35. The van der Waals surface area contributed by atoms with Gasteiger partial charge in [-0.15, -0.1) is 11.8 Å². The van der Waals surface area contributed by atoms with Crippen molar-refractivity contribution in [2.75, 3.05) is 5.75 Å². The second-order valence-electron chi connectivity index (χ2n) is 3.69. The van der Waals surface area contributed by atoms with Gasteiger partial charge in [0, 0.05) is 10.5 Å². The normalized spacial score (nSPS) is 11.8. The van der Waals surface area contributed by atoms with Crippen LogP contribution in [0.4, 0.5) is 0 Å². The Morgan fingerprint density at radius 2 is 2.25 bits per heavy atom. The van der Waals surface area contributed by atoms with Crippen molar-refractivity contribution < 1.29 is 5.21 Å². The van der Waals surface area contributed by atoms with Crippen molar-refractivity contribution >= 4 is 17.6 Å². The van der Waals surface area contributed by atoms with Crippen molar-refractivity contribution in [3.05, 3.63) is 29.3 Å². The highest BCUT2D eigenvalue weighted by atomic mass is 32.2. The molecule has 88 valence electrons. The molecule has 0 spiro atoms. The van der Waals surface area contributed by atoms with Crippen LogP contribution >= 0.6 is 11.8 Å². The first-order chi connectivity index (χ1) is 7.69. The van der Waals surface area contributed by atoms with Crippen molar-refractivity contribution in [1.82, 2.24) is 0 Å². The number of aryl methyl sites for hydroxylation is 1. The fourth-order valence-corrected chi connectivity index (χ4v) is 2.49. The van der Waals surface area contributed by atoms with Crippen molar-refractivity contribution in [3.8, 4) is 0 Å². The molecular formula is C12H18N2OS. The molecule has 4 heteroatoms. The molecule has 1 aromatic carbocycles. The van der Waals surface area contributed by atoms with Gasteiger partial charge in [-0.05, 0) is 31.2 Å². The minimum atomic E-state index is 0.183. The highest BCUT2D eigenvalue weighted by Gasteiger charge is 2.07. The van der Waals surface area contributed by atoms with E-state index in [4.69, 9.17) is 10.9 Å². The zero-order valence-electron chi connectivity index (χ0n) is 9.73. The molecule has 0 aliphatic heterocycles. The molecule has 0 saturated heterocycles. The van der Waals surface area contributed by atoms with Gasteiger partial charge in [0.15, 0.2) is 5.84 Å². The molecule has 0 bridgehead atoms. The van der Waals surface area contributed by atoms with Gasteiger partial charge < -0.3 is 10.9 Å². The predicted octanol–water partition coefficient (Wildman–Crippen LogP) is 2.98. The van der Waals surface area contributed by atoms with Gasteiger partial charge in [-0.3, -0.25) is 0 Å². The van der Waals surface area contributed by atoms with E-state index in [2.05, 4.69) is 12.1 Å². The maximum absolute atomic E-state index is 8.73. The summed E-state index contributed by atoms with van der Waals surface area (Å²) in [6.45, 7) is 4.16. The first kappa shape index (κ1) is 12.9. The molecule has 0 radical (unpaired) electrons. The average molecular weight is 238 g/mol. The molecular weight excluding hydrogens is 220 g/mol. The number of rotatable bonds is 5. The van der Waals surface area contributed by atoms with Crippen LogP contribution in [-0.4, -0.2) is 16.8 Å². The first-order valence-electron chi connectivity index (χ1n) is 5.40. The van der Waals surface area contributed by atoms with Gasteiger partial charge in [0.25, 0.3) is 0 Å². The second kappa shape index (κ2) is 6.43. The quantitative estimate of drug-likeness (QED) is 0.207. The molecule has 0 atom stereocenters. The summed E-state index contributed by atoms with van der Waals surface area (Å²) < 4.78 is 0. The summed E-state index contributed by atoms with van der Waals surface area (Å²) in [4.78, 5) is 1.08. The minimum absolute atomic E-state index is 0.183. The molecule has 0 heterocycles. The van der Waals surface area contributed by atoms with E-state index in [0.717, 1.165) is 21.8 Å². The third kappa shape index (κ3) is 3.45. The Balaban J connectivity index is 2.89. The lowest BCUT2D eigenvalue weighted by Gasteiger charge is -2.08. The van der Waals surface area contributed by atoms with E-state index in [-0.39, 0.29) is 5.84 Å². The predicted molar refractivity (Wildman–Crippen MR) is 69.3 cm³/mol. The van der Waals surface area contributed by atoms with Crippen LogP contribution in [0.2, 0.25) is 0 Å². The van der Waals surface area contributed by atoms with Gasteiger partial charge in [0.2, 0.25) is 0 Å². The summed E-state index contributed by atoms with van der Waals surface area (Å²) in [7, 11) is 0. The van der Waals surface area contributed by atoms with Crippen LogP contribution in [0, 0.1) is 6.92 Å². The molecule has 0 unspecified atom stereocenters. The van der Waals surface area contributed by atoms with Crippen LogP contribution in [0.3, 0.4) is 0 Å². The van der Waals surface area contributed by atoms with Crippen LogP contribution in [0.25, 0.3) is 0 Å². The van der Waals surface area contributed by atoms with Crippen molar-refractivity contribution in [3.63, 3.8) is 0 Å². The summed E-state index contributed by atoms with van der Waals surface area (Å²) in [5, 5.41) is 11.8. The third-order valence-corrected chi connectivity index (χ3v) is 3.43. The lowest BCUT2D eigenvalue weighted by molar-refractivity contribution is 0.318. The molecule has 1 rings (SSSR count). The van der Waals surface area contributed by atoms with E-state index in [1.807, 2.05) is 25.1 Å². The third-order valence-electron chi connectivity index (χ3n) is 2.27. The van der Waals surface area contributed by atoms with Crippen molar-refractivity contribution in [2.45, 2.75) is 31.6 Å². The number of hydrogen-bond donors (Lipinski definition) is 2. The lowest BCUT2D eigenvalue weighted by Crippen LogP contribution is -2.14. The standard InChI is InChI=1S/C12H18N2OS/c1-3-4-7-16-11-6-5-9(2)8-10(11)12(13)14-15/h5-6,8,15H,3-4,7H2,1-2H3,(H2,13,14). The SMILES string of the molecule is CCCCSc1ccc(C)cc1/C(N)=N/O. The first-order valence-corrected chi connectivity index (χ1v) is 6.39. The molecule has 0 saturated carbocycles. The number of amidine groups is 1. The van der Waals surface area contributed by atoms with Gasteiger partial charge in [0.1, 0.15) is 0 Å². The second-order valence-corrected chi connectivity index (χ2v) is 4.82. The molecule has 1 aromatic rings. The van der Waals surface area contributed by atoms with E-state index in [1.165, 1.54) is 12.8 Å². The van der Waals surface area contributed by atoms with Crippen molar-refractivity contribution in [2.24, 2.45) is 10.9 Å². The molecule has 3 N–H and O–H groups in total. The van der Waals surface area contributed by atoms with E-state index in [1.54, 1.807) is 11.8 Å². The summed E-state index contributed by atoms with van der Waals surface area (Å²) >= 11 is 1.75. The highest BCUT2D eigenvalue weighted by Crippen LogP contribution is 2.24. The van der Waals surface area contributed by atoms with Gasteiger partial charge >= 0.3 is 0 Å². The Morgan fingerprint density at radius 3 is 2.88 bits per heavy atom. The minimum Gasteiger partial charge on any atom is -0.409 e. The molecule has 0 aliphatic carbocycles. The van der Waals surface area contributed by atoms with E-state index in [0.29, 0.717) is 0 Å². The van der Waals surface area contributed by atoms with Crippen LogP contribution in [-0.2, 0) is 0 Å². The Morgan fingerprint density at radius 1 is 1.50 bits per heavy atom. The van der Waals surface area contributed by atoms with Crippen LogP contribution in [0.1, 0.15) is 30.9 Å². The van der Waals surface area contributed by atoms with Crippen LogP contribution in [0.15, 0.2) is 28.3 Å². The summed E-state index contributed by atoms with van der Waals surface area (Å²) in [6, 6.07) is 6.02. The van der Waals surface area contributed by atoms with Crippen LogP contribution < -0.4 is 5.73 Å². The van der Waals surface area contributed by atoms with Crippen molar-refractivity contribution in [1.29, 1.82) is 0 Å². The fourth-order valence-electron chi connectivity index (χ4n) is 1.35. The zero-order chi connectivity index (χ0) is 12.0. The van der Waals surface area contributed by atoms with E-state index < -0.39 is 0 Å². The number of hydrogen-bond acceptors (Lipinski definition) is 3. The molecule has 0 fully saturated rings. The van der Waals surface area contributed by atoms with Gasteiger partial charge in [-0.2, -0.15) is 0 Å². The molecule has 0 aromatic heterocycles. The summed E-state index contributed by atoms with van der Waals surface area (Å²) in [5.41, 5.74) is 7.59. The average Bonchev–Trinajstić information content (AvgIpc) is 2.30. The van der Waals surface area contributed by atoms with Gasteiger partial charge in [-0.1, -0.05) is 30.1 Å². The number of benzene rings is 1. The molecule has 0 aliphatic rings. The number of nitrogens with two attached hydrogens (primary N) is 1. The Hall–Kier alpha value is -1.16. The Kier molecular flexibility index (Phi) is 5.19. The van der Waals surface area contributed by atoms with Gasteiger partial charge in [-0.25, -0.2) is 0 Å². The zero-order valence-corrected chi connectivity index (χ0v) is 10.5. The fraction of sp³-hybridized carbons (Fsp3) is 0.417. The molecule has 3 nitrogen and oxygen atoms in total. The van der Waals surface area contributed by atoms with Gasteiger partial charge in [0.05, 0.1) is 0 Å². The summed E-state index contributed by atoms with van der Waals surface area (Å²) in [5.74, 6) is 1.24. The number of thioether (sulfide) groups is 1. The topological polar surface area (TPSA) is 58.6 Å². The lowest BCUT2D eigenvalue weighted by atomic mass is 10.1. The van der Waals surface area contributed by atoms with E-state index in [9.17, 15) is 0 Å². The van der Waals surface area contributed by atoms with Crippen LogP contribution in [0.5, 0.6) is 0 Å².